The van der Waals surface area contributed by atoms with E-state index in [9.17, 15) is 9.59 Å². The third-order valence-electron chi connectivity index (χ3n) is 3.15. The Morgan fingerprint density at radius 1 is 1.21 bits per heavy atom. The van der Waals surface area contributed by atoms with Gasteiger partial charge in [0, 0.05) is 17.6 Å². The monoisotopic (exact) mass is 458 g/mol. The van der Waals surface area contributed by atoms with Crippen molar-refractivity contribution in [3.05, 3.63) is 34.3 Å². The van der Waals surface area contributed by atoms with Gasteiger partial charge in [0.15, 0.2) is 0 Å². The molecule has 0 saturated carbocycles. The number of amides is 2. The molecule has 0 radical (unpaired) electrons. The Labute approximate surface area is 162 Å². The minimum Gasteiger partial charge on any atom is -0.433 e. The highest BCUT2D eigenvalue weighted by molar-refractivity contribution is 9.10. The molecule has 0 bridgehead atoms. The lowest BCUT2D eigenvalue weighted by atomic mass is 10.2. The molecule has 1 atom stereocenters. The Hall–Kier alpha value is -0.730. The first-order chi connectivity index (χ1) is 11.3. The van der Waals surface area contributed by atoms with Gasteiger partial charge >= 0.3 is 12.0 Å². The molecule has 24 heavy (non-hydrogen) atoms. The highest BCUT2D eigenvalue weighted by Crippen LogP contribution is 2.31. The number of hydrogen-bond acceptors (Lipinski definition) is 4. The fourth-order valence-electron chi connectivity index (χ4n) is 1.91. The molecule has 2 rings (SSSR count). The van der Waals surface area contributed by atoms with Gasteiger partial charge in [-0.3, -0.25) is 5.32 Å². The Bertz CT molecular complexity index is 589. The smallest absolute Gasteiger partial charge is 0.340 e. The lowest BCUT2D eigenvalue weighted by Crippen LogP contribution is -2.54. The summed E-state index contributed by atoms with van der Waals surface area (Å²) in [6.07, 6.45) is -1.44. The normalized spacial score (nSPS) is 16.4. The number of morpholine rings is 1. The zero-order valence-corrected chi connectivity index (χ0v) is 16.2. The van der Waals surface area contributed by atoms with Crippen LogP contribution in [0.3, 0.4) is 0 Å². The van der Waals surface area contributed by atoms with E-state index in [0.717, 1.165) is 4.47 Å². The number of hydrogen-bond donors (Lipinski definition) is 1. The Morgan fingerprint density at radius 3 is 2.33 bits per heavy atom. The Balaban J connectivity index is 2.03. The van der Waals surface area contributed by atoms with Gasteiger partial charge in [0.25, 0.3) is 0 Å². The van der Waals surface area contributed by atoms with Gasteiger partial charge in [-0.2, -0.15) is 0 Å². The van der Waals surface area contributed by atoms with Gasteiger partial charge in [-0.1, -0.05) is 50.7 Å². The van der Waals surface area contributed by atoms with Crippen LogP contribution in [0.15, 0.2) is 28.7 Å². The second-order valence-corrected chi connectivity index (χ2v) is 8.17. The molecule has 1 fully saturated rings. The molecular formula is C14H14BrCl3N2O4. The second kappa shape index (κ2) is 8.58. The summed E-state index contributed by atoms with van der Waals surface area (Å²) in [6.45, 7) is 1.65. The first-order valence-corrected chi connectivity index (χ1v) is 8.86. The summed E-state index contributed by atoms with van der Waals surface area (Å²) >= 11 is 20.7. The summed E-state index contributed by atoms with van der Waals surface area (Å²) in [7, 11) is 0. The lowest BCUT2D eigenvalue weighted by molar-refractivity contribution is 0.0196. The van der Waals surface area contributed by atoms with Gasteiger partial charge in [0.1, 0.15) is 0 Å². The van der Waals surface area contributed by atoms with Crippen LogP contribution < -0.4 is 5.32 Å². The summed E-state index contributed by atoms with van der Waals surface area (Å²) < 4.78 is 9.11. The molecule has 1 aliphatic rings. The number of urea groups is 1. The predicted octanol–water partition coefficient (Wildman–Crippen LogP) is 3.34. The van der Waals surface area contributed by atoms with E-state index >= 15 is 0 Å². The van der Waals surface area contributed by atoms with Crippen molar-refractivity contribution in [2.24, 2.45) is 0 Å². The largest absolute Gasteiger partial charge is 0.433 e. The first-order valence-electron chi connectivity index (χ1n) is 6.94. The number of halogens is 4. The van der Waals surface area contributed by atoms with Crippen molar-refractivity contribution in [3.63, 3.8) is 0 Å². The topological polar surface area (TPSA) is 67.9 Å². The molecule has 1 N–H and O–H groups in total. The van der Waals surface area contributed by atoms with Crippen LogP contribution in [0.1, 0.15) is 10.4 Å². The fraction of sp³-hybridized carbons (Fsp3) is 0.429. The molecule has 1 aromatic rings. The van der Waals surface area contributed by atoms with Crippen molar-refractivity contribution in [1.29, 1.82) is 0 Å². The standard InChI is InChI=1S/C14H14BrCl3N2O4/c15-10-3-1-9(2-4-10)11(21)24-12(14(16,17)18)19-13(22)20-5-7-23-8-6-20/h1-4,12H,5-8H2,(H,19,22)/t12-/m0/s1. The second-order valence-electron chi connectivity index (χ2n) is 4.88. The molecule has 1 heterocycles. The summed E-state index contributed by atoms with van der Waals surface area (Å²) in [5.74, 6) is -0.721. The highest BCUT2D eigenvalue weighted by Gasteiger charge is 2.38. The van der Waals surface area contributed by atoms with Gasteiger partial charge in [0.05, 0.1) is 18.8 Å². The third-order valence-corrected chi connectivity index (χ3v) is 4.28. The number of carbonyl (C=O) groups is 2. The van der Waals surface area contributed by atoms with Crippen LogP contribution in [-0.2, 0) is 9.47 Å². The van der Waals surface area contributed by atoms with E-state index in [-0.39, 0.29) is 5.56 Å². The van der Waals surface area contributed by atoms with Crippen LogP contribution in [0.4, 0.5) is 4.79 Å². The molecule has 1 aliphatic heterocycles. The summed E-state index contributed by atoms with van der Waals surface area (Å²) in [6, 6.07) is 5.94. The van der Waals surface area contributed by atoms with E-state index < -0.39 is 22.0 Å². The van der Waals surface area contributed by atoms with E-state index in [4.69, 9.17) is 44.3 Å². The average Bonchev–Trinajstić information content (AvgIpc) is 2.54. The lowest BCUT2D eigenvalue weighted by Gasteiger charge is -2.31. The van der Waals surface area contributed by atoms with Crippen molar-refractivity contribution >= 4 is 62.7 Å². The van der Waals surface area contributed by atoms with Crippen molar-refractivity contribution < 1.29 is 19.1 Å². The van der Waals surface area contributed by atoms with Crippen LogP contribution in [0.5, 0.6) is 0 Å². The van der Waals surface area contributed by atoms with E-state index in [1.165, 1.54) is 4.90 Å². The SMILES string of the molecule is O=C(O[C@H](NC(=O)N1CCOCC1)C(Cl)(Cl)Cl)c1ccc(Br)cc1. The summed E-state index contributed by atoms with van der Waals surface area (Å²) in [5.41, 5.74) is 0.262. The Kier molecular flexibility index (Phi) is 7.00. The van der Waals surface area contributed by atoms with Crippen LogP contribution in [0.2, 0.25) is 0 Å². The van der Waals surface area contributed by atoms with Crippen LogP contribution in [0, 0.1) is 0 Å². The quantitative estimate of drug-likeness (QED) is 0.427. The van der Waals surface area contributed by atoms with Gasteiger partial charge in [-0.05, 0) is 24.3 Å². The molecule has 2 amide bonds. The van der Waals surface area contributed by atoms with Crippen molar-refractivity contribution in [3.8, 4) is 0 Å². The van der Waals surface area contributed by atoms with Crippen LogP contribution in [-0.4, -0.2) is 53.2 Å². The molecule has 1 aromatic carbocycles. The van der Waals surface area contributed by atoms with Crippen molar-refractivity contribution in [2.45, 2.75) is 10.0 Å². The minimum absolute atomic E-state index is 0.262. The summed E-state index contributed by atoms with van der Waals surface area (Å²) in [4.78, 5) is 25.9. The number of nitrogens with one attached hydrogen (secondary N) is 1. The number of ether oxygens (including phenoxy) is 2. The maximum absolute atomic E-state index is 12.2. The van der Waals surface area contributed by atoms with Gasteiger partial charge in [0.2, 0.25) is 10.0 Å². The number of rotatable bonds is 3. The van der Waals surface area contributed by atoms with Gasteiger partial charge in [-0.25, -0.2) is 9.59 Å². The van der Waals surface area contributed by atoms with Crippen molar-refractivity contribution in [1.82, 2.24) is 10.2 Å². The molecule has 0 spiro atoms. The number of nitrogens with zero attached hydrogens (tertiary/aromatic N) is 1. The molecule has 0 aliphatic carbocycles. The van der Waals surface area contributed by atoms with Crippen LogP contribution in [0.25, 0.3) is 0 Å². The van der Waals surface area contributed by atoms with E-state index in [2.05, 4.69) is 21.2 Å². The van der Waals surface area contributed by atoms with Crippen molar-refractivity contribution in [2.75, 3.05) is 26.3 Å². The number of esters is 1. The number of benzene rings is 1. The highest BCUT2D eigenvalue weighted by atomic mass is 79.9. The molecule has 0 aromatic heterocycles. The third kappa shape index (κ3) is 5.67. The Morgan fingerprint density at radius 2 is 1.79 bits per heavy atom. The number of carbonyl (C=O) groups excluding carboxylic acids is 2. The molecule has 0 unspecified atom stereocenters. The maximum Gasteiger partial charge on any atom is 0.340 e. The zero-order chi connectivity index (χ0) is 17.7. The average molecular weight is 461 g/mol. The van der Waals surface area contributed by atoms with E-state index in [1.807, 2.05) is 0 Å². The van der Waals surface area contributed by atoms with E-state index in [1.54, 1.807) is 24.3 Å². The minimum atomic E-state index is -2.02. The first kappa shape index (κ1) is 19.6. The fourth-order valence-corrected chi connectivity index (χ4v) is 2.47. The molecular weight excluding hydrogens is 446 g/mol. The number of alkyl halides is 3. The van der Waals surface area contributed by atoms with Gasteiger partial charge < -0.3 is 14.4 Å². The predicted molar refractivity (Wildman–Crippen MR) is 94.6 cm³/mol. The molecule has 6 nitrogen and oxygen atoms in total. The molecule has 132 valence electrons. The van der Waals surface area contributed by atoms with E-state index in [0.29, 0.717) is 26.3 Å². The van der Waals surface area contributed by atoms with Gasteiger partial charge in [-0.15, -0.1) is 0 Å². The molecule has 10 heteroatoms. The van der Waals surface area contributed by atoms with Crippen LogP contribution >= 0.6 is 50.7 Å². The maximum atomic E-state index is 12.2. The summed E-state index contributed by atoms with van der Waals surface area (Å²) in [5, 5.41) is 2.42. The molecule has 1 saturated heterocycles. The zero-order valence-electron chi connectivity index (χ0n) is 12.3.